The number of esters is 1. The molecule has 106 valence electrons. The summed E-state index contributed by atoms with van der Waals surface area (Å²) in [6, 6.07) is 6.50. The van der Waals surface area contributed by atoms with Crippen molar-refractivity contribution < 1.29 is 19.1 Å². The Morgan fingerprint density at radius 3 is 2.75 bits per heavy atom. The molecule has 0 bridgehead atoms. The zero-order valence-electron chi connectivity index (χ0n) is 10.8. The Hall–Kier alpha value is -2.08. The van der Waals surface area contributed by atoms with Crippen LogP contribution in [0.1, 0.15) is 16.8 Å². The SMILES string of the molecule is COC(=O)C1CC(=O)NN(C(=O)c2ccccc2Cl)C1. The Morgan fingerprint density at radius 2 is 2.10 bits per heavy atom. The summed E-state index contributed by atoms with van der Waals surface area (Å²) in [6.45, 7) is 0.0580. The topological polar surface area (TPSA) is 75.7 Å². The molecule has 1 aromatic carbocycles. The van der Waals surface area contributed by atoms with E-state index in [1.807, 2.05) is 0 Å². The highest BCUT2D eigenvalue weighted by Gasteiger charge is 2.34. The smallest absolute Gasteiger partial charge is 0.311 e. The van der Waals surface area contributed by atoms with Crippen molar-refractivity contribution >= 4 is 29.4 Å². The fraction of sp³-hybridized carbons (Fsp3) is 0.308. The summed E-state index contributed by atoms with van der Waals surface area (Å²) in [7, 11) is 1.25. The lowest BCUT2D eigenvalue weighted by molar-refractivity contribution is -0.151. The molecule has 1 saturated heterocycles. The number of nitrogens with zero attached hydrogens (tertiary/aromatic N) is 1. The standard InChI is InChI=1S/C13H13ClN2O4/c1-20-13(19)8-6-11(17)15-16(7-8)12(18)9-4-2-3-5-10(9)14/h2-5,8H,6-7H2,1H3,(H,15,17). The largest absolute Gasteiger partial charge is 0.469 e. The molecule has 2 rings (SSSR count). The van der Waals surface area contributed by atoms with Gasteiger partial charge in [-0.25, -0.2) is 5.01 Å². The van der Waals surface area contributed by atoms with Crippen LogP contribution in [0.5, 0.6) is 0 Å². The molecule has 0 spiro atoms. The molecule has 20 heavy (non-hydrogen) atoms. The number of hydrazine groups is 1. The Labute approximate surface area is 120 Å². The Morgan fingerprint density at radius 1 is 1.40 bits per heavy atom. The third-order valence-corrected chi connectivity index (χ3v) is 3.31. The summed E-state index contributed by atoms with van der Waals surface area (Å²) in [5.41, 5.74) is 2.69. The van der Waals surface area contributed by atoms with E-state index in [0.717, 1.165) is 5.01 Å². The van der Waals surface area contributed by atoms with Crippen LogP contribution in [0.25, 0.3) is 0 Å². The van der Waals surface area contributed by atoms with Crippen LogP contribution in [0.2, 0.25) is 5.02 Å². The van der Waals surface area contributed by atoms with Gasteiger partial charge in [-0.1, -0.05) is 23.7 Å². The lowest BCUT2D eigenvalue weighted by Crippen LogP contribution is -2.54. The van der Waals surface area contributed by atoms with Crippen LogP contribution in [-0.4, -0.2) is 36.4 Å². The Kier molecular flexibility index (Phi) is 4.24. The van der Waals surface area contributed by atoms with E-state index in [4.69, 9.17) is 11.6 Å². The number of amides is 2. The fourth-order valence-corrected chi connectivity index (χ4v) is 2.21. The summed E-state index contributed by atoms with van der Waals surface area (Å²) in [5.74, 6) is -2.05. The number of benzene rings is 1. The van der Waals surface area contributed by atoms with E-state index in [1.54, 1.807) is 24.3 Å². The van der Waals surface area contributed by atoms with E-state index in [2.05, 4.69) is 10.2 Å². The van der Waals surface area contributed by atoms with Crippen molar-refractivity contribution in [2.24, 2.45) is 5.92 Å². The number of ether oxygens (including phenoxy) is 1. The van der Waals surface area contributed by atoms with Gasteiger partial charge in [-0.15, -0.1) is 0 Å². The average molecular weight is 297 g/mol. The van der Waals surface area contributed by atoms with Gasteiger partial charge in [0.05, 0.1) is 30.2 Å². The highest BCUT2D eigenvalue weighted by atomic mass is 35.5. The van der Waals surface area contributed by atoms with Gasteiger partial charge < -0.3 is 4.74 Å². The summed E-state index contributed by atoms with van der Waals surface area (Å²) < 4.78 is 4.61. The van der Waals surface area contributed by atoms with Gasteiger partial charge in [0.2, 0.25) is 5.91 Å². The number of carbonyl (C=O) groups is 3. The average Bonchev–Trinajstić information content (AvgIpc) is 2.45. The molecule has 1 aliphatic rings. The van der Waals surface area contributed by atoms with Gasteiger partial charge >= 0.3 is 5.97 Å². The molecule has 0 aliphatic carbocycles. The second kappa shape index (κ2) is 5.92. The van der Waals surface area contributed by atoms with E-state index in [9.17, 15) is 14.4 Å². The third-order valence-electron chi connectivity index (χ3n) is 2.98. The highest BCUT2D eigenvalue weighted by molar-refractivity contribution is 6.33. The van der Waals surface area contributed by atoms with Gasteiger partial charge in [0, 0.05) is 6.42 Å². The summed E-state index contributed by atoms with van der Waals surface area (Å²) in [5, 5.41) is 1.38. The van der Waals surface area contributed by atoms with Crippen LogP contribution >= 0.6 is 11.6 Å². The fourth-order valence-electron chi connectivity index (χ4n) is 1.99. The Balaban J connectivity index is 2.19. The molecule has 1 aliphatic heterocycles. The van der Waals surface area contributed by atoms with Gasteiger partial charge in [-0.05, 0) is 12.1 Å². The maximum Gasteiger partial charge on any atom is 0.311 e. The molecule has 1 aromatic rings. The van der Waals surface area contributed by atoms with Crippen molar-refractivity contribution in [3.63, 3.8) is 0 Å². The number of halogens is 1. The van der Waals surface area contributed by atoms with Crippen molar-refractivity contribution in [3.05, 3.63) is 34.9 Å². The van der Waals surface area contributed by atoms with E-state index >= 15 is 0 Å². The molecule has 1 atom stereocenters. The maximum atomic E-state index is 12.3. The number of carbonyl (C=O) groups excluding carboxylic acids is 3. The normalized spacial score (nSPS) is 18.4. The van der Waals surface area contributed by atoms with Gasteiger partial charge in [0.25, 0.3) is 5.91 Å². The summed E-state index contributed by atoms with van der Waals surface area (Å²) in [6.07, 6.45) is -0.00102. The zero-order valence-corrected chi connectivity index (χ0v) is 11.5. The maximum absolute atomic E-state index is 12.3. The van der Waals surface area contributed by atoms with Crippen LogP contribution in [0, 0.1) is 5.92 Å². The van der Waals surface area contributed by atoms with Crippen molar-refractivity contribution in [3.8, 4) is 0 Å². The van der Waals surface area contributed by atoms with Crippen LogP contribution in [0.15, 0.2) is 24.3 Å². The minimum atomic E-state index is -0.666. The van der Waals surface area contributed by atoms with E-state index in [-0.39, 0.29) is 23.6 Å². The minimum absolute atomic E-state index is 0.00102. The van der Waals surface area contributed by atoms with Gasteiger partial charge in [-0.3, -0.25) is 19.8 Å². The molecule has 1 heterocycles. The molecule has 2 amide bonds. The molecule has 1 unspecified atom stereocenters. The second-order valence-electron chi connectivity index (χ2n) is 4.35. The first kappa shape index (κ1) is 14.3. The molecule has 1 N–H and O–H groups in total. The molecule has 0 saturated carbocycles. The van der Waals surface area contributed by atoms with Crippen LogP contribution in [0.4, 0.5) is 0 Å². The predicted octanol–water partition coefficient (Wildman–Crippen LogP) is 1.01. The van der Waals surface area contributed by atoms with Gasteiger partial charge in [0.15, 0.2) is 0 Å². The quantitative estimate of drug-likeness (QED) is 0.826. The summed E-state index contributed by atoms with van der Waals surface area (Å²) >= 11 is 5.95. The second-order valence-corrected chi connectivity index (χ2v) is 4.76. The monoisotopic (exact) mass is 296 g/mol. The molecule has 6 nitrogen and oxygen atoms in total. The third kappa shape index (κ3) is 2.91. The minimum Gasteiger partial charge on any atom is -0.469 e. The van der Waals surface area contributed by atoms with Crippen molar-refractivity contribution in [2.45, 2.75) is 6.42 Å². The van der Waals surface area contributed by atoms with Gasteiger partial charge in [0.1, 0.15) is 0 Å². The van der Waals surface area contributed by atoms with Crippen molar-refractivity contribution in [2.75, 3.05) is 13.7 Å². The van der Waals surface area contributed by atoms with E-state index in [0.29, 0.717) is 0 Å². The van der Waals surface area contributed by atoms with Crippen molar-refractivity contribution in [1.29, 1.82) is 0 Å². The Bertz CT molecular complexity index is 561. The van der Waals surface area contributed by atoms with Crippen LogP contribution in [-0.2, 0) is 14.3 Å². The van der Waals surface area contributed by atoms with Crippen molar-refractivity contribution in [1.82, 2.24) is 10.4 Å². The molecular weight excluding hydrogens is 284 g/mol. The van der Waals surface area contributed by atoms with Crippen LogP contribution in [0.3, 0.4) is 0 Å². The summed E-state index contributed by atoms with van der Waals surface area (Å²) in [4.78, 5) is 35.4. The number of methoxy groups -OCH3 is 1. The molecular formula is C13H13ClN2O4. The number of hydrogen-bond acceptors (Lipinski definition) is 4. The van der Waals surface area contributed by atoms with E-state index in [1.165, 1.54) is 7.11 Å². The highest BCUT2D eigenvalue weighted by Crippen LogP contribution is 2.19. The van der Waals surface area contributed by atoms with E-state index < -0.39 is 23.7 Å². The lowest BCUT2D eigenvalue weighted by atomic mass is 10.0. The van der Waals surface area contributed by atoms with Crippen LogP contribution < -0.4 is 5.43 Å². The van der Waals surface area contributed by atoms with Gasteiger partial charge in [-0.2, -0.15) is 0 Å². The number of rotatable bonds is 2. The first-order valence-electron chi connectivity index (χ1n) is 5.96. The molecule has 0 aromatic heterocycles. The first-order chi connectivity index (χ1) is 9.52. The molecule has 1 fully saturated rings. The molecule has 7 heteroatoms. The first-order valence-corrected chi connectivity index (χ1v) is 6.34. The predicted molar refractivity (Wildman–Crippen MR) is 70.8 cm³/mol. The lowest BCUT2D eigenvalue weighted by Gasteiger charge is -2.31. The zero-order chi connectivity index (χ0) is 14.7. The number of hydrogen-bond donors (Lipinski definition) is 1. The number of nitrogens with one attached hydrogen (secondary N) is 1. The molecule has 0 radical (unpaired) electrons.